The number of nitrogens with zero attached hydrogens (tertiary/aromatic N) is 5. The fourth-order valence-corrected chi connectivity index (χ4v) is 5.73. The molecule has 0 atom stereocenters. The average molecular weight is 568 g/mol. The van der Waals surface area contributed by atoms with Crippen LogP contribution in [0.2, 0.25) is 10.0 Å². The summed E-state index contributed by atoms with van der Waals surface area (Å²) in [5.41, 5.74) is 2.91. The molecule has 0 radical (unpaired) electrons. The first kappa shape index (κ1) is 25.4. The summed E-state index contributed by atoms with van der Waals surface area (Å²) in [5.74, 6) is 0.932. The molecule has 7 nitrogen and oxygen atoms in total. The van der Waals surface area contributed by atoms with Gasteiger partial charge in [-0.25, -0.2) is 4.98 Å². The molecule has 0 aliphatic heterocycles. The summed E-state index contributed by atoms with van der Waals surface area (Å²) < 4.78 is 1.93. The zero-order chi connectivity index (χ0) is 25.6. The number of benzene rings is 2. The Bertz CT molecular complexity index is 1520. The molecule has 0 aliphatic rings. The number of rotatable bonds is 9. The smallest absolute Gasteiger partial charge is 0.270 e. The van der Waals surface area contributed by atoms with E-state index in [1.807, 2.05) is 71.3 Å². The first-order chi connectivity index (χ1) is 18.1. The zero-order valence-electron chi connectivity index (χ0n) is 19.3. The van der Waals surface area contributed by atoms with Crippen molar-refractivity contribution in [3.63, 3.8) is 0 Å². The number of hydrogen-bond acceptors (Lipinski definition) is 7. The van der Waals surface area contributed by atoms with Gasteiger partial charge in [0.2, 0.25) is 0 Å². The molecule has 37 heavy (non-hydrogen) atoms. The molecule has 0 spiro atoms. The molecule has 3 heterocycles. The van der Waals surface area contributed by atoms with E-state index in [1.165, 1.54) is 23.1 Å². The van der Waals surface area contributed by atoms with E-state index in [0.717, 1.165) is 22.0 Å². The van der Waals surface area contributed by atoms with Gasteiger partial charge in [0.1, 0.15) is 10.7 Å². The second kappa shape index (κ2) is 11.9. The van der Waals surface area contributed by atoms with Crippen LogP contribution in [0, 0.1) is 0 Å². The predicted molar refractivity (Wildman–Crippen MR) is 149 cm³/mol. The minimum Gasteiger partial charge on any atom is -0.350 e. The SMILES string of the molecule is O=C(NCCc1ccccn1)c1csc(CSc2nnc(-c3ccccc3Cl)n2-c2cccc(Cl)c2)n1. The van der Waals surface area contributed by atoms with Crippen LogP contribution < -0.4 is 5.32 Å². The number of thioether (sulfide) groups is 1. The fraction of sp³-hybridized carbons (Fsp3) is 0.115. The van der Waals surface area contributed by atoms with Crippen molar-refractivity contribution in [3.8, 4) is 17.1 Å². The Kier molecular flexibility index (Phi) is 8.15. The Hall–Kier alpha value is -3.24. The molecular weight excluding hydrogens is 547 g/mol. The van der Waals surface area contributed by atoms with Crippen molar-refractivity contribution in [3.05, 3.63) is 105 Å². The van der Waals surface area contributed by atoms with Crippen LogP contribution in [0.3, 0.4) is 0 Å². The van der Waals surface area contributed by atoms with Gasteiger partial charge >= 0.3 is 0 Å². The summed E-state index contributed by atoms with van der Waals surface area (Å²) >= 11 is 15.7. The Labute approximate surface area is 231 Å². The lowest BCUT2D eigenvalue weighted by Crippen LogP contribution is -2.26. The third-order valence-electron chi connectivity index (χ3n) is 5.32. The second-order valence-electron chi connectivity index (χ2n) is 7.84. The Morgan fingerprint density at radius 2 is 1.89 bits per heavy atom. The second-order valence-corrected chi connectivity index (χ2v) is 10.6. The van der Waals surface area contributed by atoms with Gasteiger partial charge in [-0.1, -0.05) is 59.2 Å². The minimum atomic E-state index is -0.202. The van der Waals surface area contributed by atoms with Crippen molar-refractivity contribution in [2.75, 3.05) is 6.54 Å². The minimum absolute atomic E-state index is 0.202. The summed E-state index contributed by atoms with van der Waals surface area (Å²) in [7, 11) is 0. The van der Waals surface area contributed by atoms with Gasteiger partial charge in [-0.3, -0.25) is 14.3 Å². The maximum atomic E-state index is 12.5. The van der Waals surface area contributed by atoms with Crippen LogP contribution in [0.1, 0.15) is 21.2 Å². The van der Waals surface area contributed by atoms with Crippen LogP contribution in [0.4, 0.5) is 0 Å². The summed E-state index contributed by atoms with van der Waals surface area (Å²) in [6.07, 6.45) is 2.40. The first-order valence-electron chi connectivity index (χ1n) is 11.3. The van der Waals surface area contributed by atoms with E-state index in [4.69, 9.17) is 23.2 Å². The predicted octanol–water partition coefficient (Wildman–Crippen LogP) is 6.36. The molecule has 2 aromatic carbocycles. The molecule has 5 rings (SSSR count). The van der Waals surface area contributed by atoms with Crippen LogP contribution >= 0.6 is 46.3 Å². The lowest BCUT2D eigenvalue weighted by molar-refractivity contribution is 0.0949. The molecule has 0 saturated carbocycles. The van der Waals surface area contributed by atoms with E-state index in [1.54, 1.807) is 11.6 Å². The third-order valence-corrected chi connectivity index (χ3v) is 7.85. The number of carbonyl (C=O) groups is 1. The lowest BCUT2D eigenvalue weighted by atomic mass is 10.2. The van der Waals surface area contributed by atoms with Gasteiger partial charge in [0.05, 0.1) is 16.5 Å². The van der Waals surface area contributed by atoms with Gasteiger partial charge in [-0.05, 0) is 42.5 Å². The van der Waals surface area contributed by atoms with E-state index in [9.17, 15) is 4.79 Å². The highest BCUT2D eigenvalue weighted by molar-refractivity contribution is 7.98. The van der Waals surface area contributed by atoms with Crippen LogP contribution in [0.5, 0.6) is 0 Å². The molecule has 0 unspecified atom stereocenters. The Morgan fingerprint density at radius 1 is 1.03 bits per heavy atom. The number of amides is 1. The molecule has 1 N–H and O–H groups in total. The summed E-state index contributed by atoms with van der Waals surface area (Å²) in [5, 5.41) is 16.2. The van der Waals surface area contributed by atoms with Crippen LogP contribution in [-0.2, 0) is 12.2 Å². The van der Waals surface area contributed by atoms with E-state index in [2.05, 4.69) is 25.5 Å². The molecule has 1 amide bonds. The van der Waals surface area contributed by atoms with Crippen molar-refractivity contribution >= 4 is 52.2 Å². The average Bonchev–Trinajstić information content (AvgIpc) is 3.56. The quantitative estimate of drug-likeness (QED) is 0.209. The maximum absolute atomic E-state index is 12.5. The van der Waals surface area contributed by atoms with E-state index < -0.39 is 0 Å². The summed E-state index contributed by atoms with van der Waals surface area (Å²) in [4.78, 5) is 21.3. The zero-order valence-corrected chi connectivity index (χ0v) is 22.5. The molecular formula is C26H20Cl2N6OS2. The molecule has 5 aromatic rings. The topological polar surface area (TPSA) is 85.6 Å². The molecule has 186 valence electrons. The number of thiazole rings is 1. The monoisotopic (exact) mass is 566 g/mol. The third kappa shape index (κ3) is 6.19. The number of nitrogens with one attached hydrogen (secondary N) is 1. The fourth-order valence-electron chi connectivity index (χ4n) is 3.58. The number of aromatic nitrogens is 5. The van der Waals surface area contributed by atoms with Crippen LogP contribution in [0.25, 0.3) is 17.1 Å². The van der Waals surface area contributed by atoms with Gasteiger partial charge in [-0.15, -0.1) is 21.5 Å². The highest BCUT2D eigenvalue weighted by atomic mass is 35.5. The van der Waals surface area contributed by atoms with Crippen molar-refractivity contribution < 1.29 is 4.79 Å². The highest BCUT2D eigenvalue weighted by Crippen LogP contribution is 2.33. The van der Waals surface area contributed by atoms with Crippen molar-refractivity contribution in [1.82, 2.24) is 30.0 Å². The van der Waals surface area contributed by atoms with E-state index in [0.29, 0.717) is 45.4 Å². The molecule has 0 saturated heterocycles. The molecule has 0 aliphatic carbocycles. The number of pyridine rings is 1. The largest absolute Gasteiger partial charge is 0.350 e. The lowest BCUT2D eigenvalue weighted by Gasteiger charge is -2.11. The van der Waals surface area contributed by atoms with Gasteiger partial charge < -0.3 is 5.32 Å². The standard InChI is InChI=1S/C26H20Cl2N6OS2/c27-17-6-5-8-19(14-17)34-24(20-9-1-2-10-21(20)28)32-33-26(34)37-16-23-31-22(15-36-23)25(35)30-13-11-18-7-3-4-12-29-18/h1-10,12,14-15H,11,13,16H2,(H,30,35). The van der Waals surface area contributed by atoms with Crippen molar-refractivity contribution in [2.45, 2.75) is 17.3 Å². The molecule has 0 bridgehead atoms. The highest BCUT2D eigenvalue weighted by Gasteiger charge is 2.19. The number of carbonyl (C=O) groups excluding carboxylic acids is 1. The van der Waals surface area contributed by atoms with Crippen LogP contribution in [-0.4, -0.2) is 37.2 Å². The molecule has 11 heteroatoms. The van der Waals surface area contributed by atoms with Crippen molar-refractivity contribution in [1.29, 1.82) is 0 Å². The summed E-state index contributed by atoms with van der Waals surface area (Å²) in [6, 6.07) is 20.7. The first-order valence-corrected chi connectivity index (χ1v) is 13.9. The Morgan fingerprint density at radius 3 is 2.70 bits per heavy atom. The van der Waals surface area contributed by atoms with Crippen molar-refractivity contribution in [2.24, 2.45) is 0 Å². The van der Waals surface area contributed by atoms with Gasteiger partial charge in [0, 0.05) is 40.8 Å². The Balaban J connectivity index is 1.30. The van der Waals surface area contributed by atoms with E-state index >= 15 is 0 Å². The van der Waals surface area contributed by atoms with Gasteiger partial charge in [-0.2, -0.15) is 0 Å². The van der Waals surface area contributed by atoms with Crippen LogP contribution in [0.15, 0.2) is 83.5 Å². The molecule has 3 aromatic heterocycles. The van der Waals surface area contributed by atoms with Gasteiger partial charge in [0.15, 0.2) is 11.0 Å². The summed E-state index contributed by atoms with van der Waals surface area (Å²) in [6.45, 7) is 0.491. The number of hydrogen-bond donors (Lipinski definition) is 1. The number of halogens is 2. The normalized spacial score (nSPS) is 11.0. The van der Waals surface area contributed by atoms with Gasteiger partial charge in [0.25, 0.3) is 5.91 Å². The van der Waals surface area contributed by atoms with E-state index in [-0.39, 0.29) is 5.91 Å². The molecule has 0 fully saturated rings. The maximum Gasteiger partial charge on any atom is 0.270 e.